The summed E-state index contributed by atoms with van der Waals surface area (Å²) in [6, 6.07) is 9.96. The van der Waals surface area contributed by atoms with E-state index in [1.54, 1.807) is 51.5 Å². The Kier molecular flexibility index (Phi) is 4.40. The Morgan fingerprint density at radius 3 is 2.38 bits per heavy atom. The van der Waals surface area contributed by atoms with Gasteiger partial charge in [-0.2, -0.15) is 0 Å². The quantitative estimate of drug-likeness (QED) is 0.751. The molecular weight excluding hydrogens is 329 g/mol. The van der Waals surface area contributed by atoms with Crippen LogP contribution in [0, 0.1) is 12.7 Å². The number of rotatable bonds is 4. The topological polar surface area (TPSA) is 47.6 Å². The van der Waals surface area contributed by atoms with Crippen LogP contribution in [0.2, 0.25) is 0 Å². The van der Waals surface area contributed by atoms with Gasteiger partial charge in [0, 0.05) is 34.0 Å². The molecule has 0 unspecified atom stereocenters. The molecule has 0 saturated carbocycles. The van der Waals surface area contributed by atoms with Crippen LogP contribution in [0.4, 0.5) is 10.1 Å². The molecule has 0 saturated heterocycles. The molecule has 1 N–H and O–H groups in total. The van der Waals surface area contributed by atoms with Crippen molar-refractivity contribution >= 4 is 33.0 Å². The molecule has 24 heavy (non-hydrogen) atoms. The second-order valence-corrected chi connectivity index (χ2v) is 6.28. The van der Waals surface area contributed by atoms with Gasteiger partial charge in [-0.25, -0.2) is 4.39 Å². The first kappa shape index (κ1) is 16.3. The van der Waals surface area contributed by atoms with Gasteiger partial charge in [0.25, 0.3) is 5.91 Å². The van der Waals surface area contributed by atoms with Crippen LogP contribution in [0.5, 0.6) is 11.5 Å². The summed E-state index contributed by atoms with van der Waals surface area (Å²) in [5.74, 6) is 0.541. The number of fused-ring (bicyclic) bond motifs is 1. The Labute approximate surface area is 142 Å². The standard InChI is InChI=1S/C18H16FNO3S/c1-10-16-14(19)5-4-6-15(16)24-17(10)18(21)20-11-7-12(22-2)9-13(8-11)23-3/h4-9H,1-3H3,(H,20,21). The zero-order valence-corrected chi connectivity index (χ0v) is 14.3. The largest absolute Gasteiger partial charge is 0.497 e. The van der Waals surface area contributed by atoms with Gasteiger partial charge in [0.1, 0.15) is 17.3 Å². The van der Waals surface area contributed by atoms with Crippen LogP contribution in [0.15, 0.2) is 36.4 Å². The number of hydrogen-bond donors (Lipinski definition) is 1. The van der Waals surface area contributed by atoms with E-state index in [1.165, 1.54) is 17.4 Å². The lowest BCUT2D eigenvalue weighted by atomic mass is 10.1. The fourth-order valence-corrected chi connectivity index (χ4v) is 3.66. The van der Waals surface area contributed by atoms with E-state index >= 15 is 0 Å². The normalized spacial score (nSPS) is 10.7. The maximum atomic E-state index is 14.0. The van der Waals surface area contributed by atoms with E-state index in [9.17, 15) is 9.18 Å². The first-order valence-electron chi connectivity index (χ1n) is 7.25. The highest BCUT2D eigenvalue weighted by Gasteiger charge is 2.18. The molecule has 2 aromatic carbocycles. The minimum absolute atomic E-state index is 0.289. The molecule has 0 aliphatic rings. The Hall–Kier alpha value is -2.60. The highest BCUT2D eigenvalue weighted by atomic mass is 32.1. The summed E-state index contributed by atoms with van der Waals surface area (Å²) >= 11 is 1.27. The van der Waals surface area contributed by atoms with E-state index in [0.717, 1.165) is 4.70 Å². The molecule has 3 rings (SSSR count). The number of ether oxygens (including phenoxy) is 2. The number of amides is 1. The summed E-state index contributed by atoms with van der Waals surface area (Å²) in [5.41, 5.74) is 1.19. The second kappa shape index (κ2) is 6.49. The molecule has 0 fully saturated rings. The van der Waals surface area contributed by atoms with Crippen LogP contribution in [0.25, 0.3) is 10.1 Å². The molecule has 0 bridgehead atoms. The average molecular weight is 345 g/mol. The van der Waals surface area contributed by atoms with Crippen LogP contribution in [0.3, 0.4) is 0 Å². The van der Waals surface area contributed by atoms with Crippen molar-refractivity contribution in [1.82, 2.24) is 0 Å². The molecular formula is C18H16FNO3S. The zero-order valence-electron chi connectivity index (χ0n) is 13.5. The van der Waals surface area contributed by atoms with Gasteiger partial charge in [0.15, 0.2) is 0 Å². The Balaban J connectivity index is 1.96. The average Bonchev–Trinajstić information content (AvgIpc) is 2.92. The van der Waals surface area contributed by atoms with E-state index in [0.29, 0.717) is 33.0 Å². The number of carbonyl (C=O) groups is 1. The lowest BCUT2D eigenvalue weighted by Gasteiger charge is -2.09. The number of carbonyl (C=O) groups excluding carboxylic acids is 1. The lowest BCUT2D eigenvalue weighted by molar-refractivity contribution is 0.103. The number of methoxy groups -OCH3 is 2. The van der Waals surface area contributed by atoms with Gasteiger partial charge in [0.05, 0.1) is 19.1 Å². The number of halogens is 1. The third-order valence-corrected chi connectivity index (χ3v) is 4.97. The number of aryl methyl sites for hydroxylation is 1. The Bertz CT molecular complexity index is 898. The maximum absolute atomic E-state index is 14.0. The predicted octanol–water partition coefficient (Wildman–Crippen LogP) is 4.62. The van der Waals surface area contributed by atoms with Crippen molar-refractivity contribution in [3.63, 3.8) is 0 Å². The molecule has 0 aliphatic heterocycles. The zero-order chi connectivity index (χ0) is 17.3. The van der Waals surface area contributed by atoms with Crippen LogP contribution in [0.1, 0.15) is 15.2 Å². The van der Waals surface area contributed by atoms with Gasteiger partial charge >= 0.3 is 0 Å². The number of hydrogen-bond acceptors (Lipinski definition) is 4. The van der Waals surface area contributed by atoms with Gasteiger partial charge in [-0.3, -0.25) is 4.79 Å². The molecule has 0 atom stereocenters. The van der Waals surface area contributed by atoms with E-state index in [-0.39, 0.29) is 11.7 Å². The van der Waals surface area contributed by atoms with Crippen LogP contribution >= 0.6 is 11.3 Å². The monoisotopic (exact) mass is 345 g/mol. The van der Waals surface area contributed by atoms with Crippen LogP contribution in [-0.2, 0) is 0 Å². The third-order valence-electron chi connectivity index (χ3n) is 3.72. The summed E-state index contributed by atoms with van der Waals surface area (Å²) < 4.78 is 25.1. The van der Waals surface area contributed by atoms with E-state index < -0.39 is 0 Å². The predicted molar refractivity (Wildman–Crippen MR) is 94.0 cm³/mol. The fourth-order valence-electron chi connectivity index (χ4n) is 2.54. The molecule has 1 aromatic heterocycles. The molecule has 0 radical (unpaired) electrons. The number of benzene rings is 2. The van der Waals surface area contributed by atoms with Crippen molar-refractivity contribution in [2.75, 3.05) is 19.5 Å². The molecule has 3 aromatic rings. The molecule has 0 spiro atoms. The van der Waals surface area contributed by atoms with Crippen molar-refractivity contribution in [3.05, 3.63) is 52.7 Å². The molecule has 1 amide bonds. The summed E-state index contributed by atoms with van der Waals surface area (Å²) in [6.07, 6.45) is 0. The molecule has 4 nitrogen and oxygen atoms in total. The van der Waals surface area contributed by atoms with Crippen molar-refractivity contribution in [2.24, 2.45) is 0 Å². The smallest absolute Gasteiger partial charge is 0.266 e. The van der Waals surface area contributed by atoms with E-state index in [4.69, 9.17) is 9.47 Å². The summed E-state index contributed by atoms with van der Waals surface area (Å²) in [6.45, 7) is 1.75. The van der Waals surface area contributed by atoms with Crippen molar-refractivity contribution < 1.29 is 18.7 Å². The molecule has 6 heteroatoms. The minimum Gasteiger partial charge on any atom is -0.497 e. The third kappa shape index (κ3) is 2.92. The summed E-state index contributed by atoms with van der Waals surface area (Å²) in [7, 11) is 3.08. The SMILES string of the molecule is COc1cc(NC(=O)c2sc3cccc(F)c3c2C)cc(OC)c1. The van der Waals surface area contributed by atoms with E-state index in [2.05, 4.69) is 5.32 Å². The Morgan fingerprint density at radius 1 is 1.12 bits per heavy atom. The van der Waals surface area contributed by atoms with Crippen molar-refractivity contribution in [1.29, 1.82) is 0 Å². The molecule has 1 heterocycles. The summed E-state index contributed by atoms with van der Waals surface area (Å²) in [4.78, 5) is 13.1. The summed E-state index contributed by atoms with van der Waals surface area (Å²) in [5, 5.41) is 3.31. The first-order chi connectivity index (χ1) is 11.5. The molecule has 124 valence electrons. The van der Waals surface area contributed by atoms with Crippen LogP contribution in [-0.4, -0.2) is 20.1 Å². The van der Waals surface area contributed by atoms with Gasteiger partial charge in [-0.05, 0) is 24.6 Å². The number of nitrogens with one attached hydrogen (secondary N) is 1. The highest BCUT2D eigenvalue weighted by molar-refractivity contribution is 7.21. The fraction of sp³-hybridized carbons (Fsp3) is 0.167. The Morgan fingerprint density at radius 2 is 1.79 bits per heavy atom. The minimum atomic E-state index is -0.316. The van der Waals surface area contributed by atoms with Crippen molar-refractivity contribution in [3.8, 4) is 11.5 Å². The number of thiophene rings is 1. The highest BCUT2D eigenvalue weighted by Crippen LogP contribution is 2.33. The molecule has 0 aliphatic carbocycles. The van der Waals surface area contributed by atoms with Gasteiger partial charge in [-0.1, -0.05) is 6.07 Å². The van der Waals surface area contributed by atoms with Gasteiger partial charge < -0.3 is 14.8 Å². The first-order valence-corrected chi connectivity index (χ1v) is 8.07. The van der Waals surface area contributed by atoms with Gasteiger partial charge in [-0.15, -0.1) is 11.3 Å². The second-order valence-electron chi connectivity index (χ2n) is 5.22. The number of anilines is 1. The van der Waals surface area contributed by atoms with Crippen LogP contribution < -0.4 is 14.8 Å². The van der Waals surface area contributed by atoms with Gasteiger partial charge in [0.2, 0.25) is 0 Å². The maximum Gasteiger partial charge on any atom is 0.266 e. The lowest BCUT2D eigenvalue weighted by Crippen LogP contribution is -2.11. The van der Waals surface area contributed by atoms with E-state index in [1.807, 2.05) is 0 Å². The van der Waals surface area contributed by atoms with Crippen molar-refractivity contribution in [2.45, 2.75) is 6.92 Å².